The first-order chi connectivity index (χ1) is 13.4. The molecule has 1 N–H and O–H groups in total. The van der Waals surface area contributed by atoms with Crippen LogP contribution in [0.15, 0.2) is 36.5 Å². The van der Waals surface area contributed by atoms with Crippen LogP contribution in [0.1, 0.15) is 28.8 Å². The minimum absolute atomic E-state index is 0.0133. The fourth-order valence-electron chi connectivity index (χ4n) is 2.78. The van der Waals surface area contributed by atoms with Crippen molar-refractivity contribution in [2.45, 2.75) is 27.4 Å². The van der Waals surface area contributed by atoms with Gasteiger partial charge in [0.05, 0.1) is 11.5 Å². The molecule has 3 aromatic rings. The van der Waals surface area contributed by atoms with E-state index in [4.69, 9.17) is 4.74 Å². The van der Waals surface area contributed by atoms with Gasteiger partial charge in [0.25, 0.3) is 5.91 Å². The summed E-state index contributed by atoms with van der Waals surface area (Å²) < 4.78 is 8.34. The smallest absolute Gasteiger partial charge is 0.312 e. The first kappa shape index (κ1) is 19.1. The molecule has 0 fully saturated rings. The second-order valence-corrected chi connectivity index (χ2v) is 6.07. The van der Waals surface area contributed by atoms with Crippen molar-refractivity contribution >= 4 is 17.3 Å². The molecule has 0 saturated carbocycles. The molecule has 0 saturated heterocycles. The van der Waals surface area contributed by atoms with E-state index in [0.717, 1.165) is 5.75 Å². The number of nitrogens with one attached hydrogen (secondary N) is 1. The number of hydrogen-bond donors (Lipinski definition) is 1. The van der Waals surface area contributed by atoms with E-state index in [-0.39, 0.29) is 24.0 Å². The van der Waals surface area contributed by atoms with Crippen molar-refractivity contribution in [1.82, 2.24) is 19.6 Å². The van der Waals surface area contributed by atoms with Gasteiger partial charge in [0.1, 0.15) is 23.8 Å². The van der Waals surface area contributed by atoms with Crippen molar-refractivity contribution in [2.24, 2.45) is 0 Å². The third-order valence-corrected chi connectivity index (χ3v) is 4.10. The van der Waals surface area contributed by atoms with Crippen molar-refractivity contribution < 1.29 is 14.5 Å². The Morgan fingerprint density at radius 1 is 1.21 bits per heavy atom. The Morgan fingerprint density at radius 3 is 2.54 bits per heavy atom. The quantitative estimate of drug-likeness (QED) is 0.494. The van der Waals surface area contributed by atoms with Gasteiger partial charge in [0.15, 0.2) is 5.69 Å². The lowest BCUT2D eigenvalue weighted by atomic mass is 10.3. The van der Waals surface area contributed by atoms with Crippen LogP contribution < -0.4 is 10.1 Å². The minimum atomic E-state index is -0.451. The van der Waals surface area contributed by atoms with Crippen molar-refractivity contribution in [3.63, 3.8) is 0 Å². The zero-order valence-corrected chi connectivity index (χ0v) is 15.7. The Kier molecular flexibility index (Phi) is 5.39. The molecule has 0 atom stereocenters. The van der Waals surface area contributed by atoms with E-state index in [0.29, 0.717) is 23.7 Å². The lowest BCUT2D eigenvalue weighted by Gasteiger charge is -2.06. The van der Waals surface area contributed by atoms with Gasteiger partial charge in [0, 0.05) is 11.9 Å². The molecule has 2 aromatic heterocycles. The van der Waals surface area contributed by atoms with E-state index in [1.807, 2.05) is 6.92 Å². The number of anilines is 1. The SMILES string of the molecule is CCOc1ccc(NC(=O)c2ccn(Cn3nc(C)c([N+](=O)[O-])c3C)n2)cc1. The van der Waals surface area contributed by atoms with Crippen molar-refractivity contribution in [3.8, 4) is 5.75 Å². The second kappa shape index (κ2) is 7.91. The Balaban J connectivity index is 1.69. The molecule has 0 spiro atoms. The predicted octanol–water partition coefficient (Wildman–Crippen LogP) is 2.76. The molecule has 0 aliphatic carbocycles. The number of nitrogens with zero attached hydrogens (tertiary/aromatic N) is 5. The lowest BCUT2D eigenvalue weighted by molar-refractivity contribution is -0.386. The highest BCUT2D eigenvalue weighted by atomic mass is 16.6. The summed E-state index contributed by atoms with van der Waals surface area (Å²) in [5.74, 6) is 0.367. The molecule has 146 valence electrons. The standard InChI is InChI=1S/C18H20N6O4/c1-4-28-15-7-5-14(6-8-15)19-18(25)16-9-10-22(21-16)11-23-13(3)17(24(26)27)12(2)20-23/h5-10H,4,11H2,1-3H3,(H,19,25). The van der Waals surface area contributed by atoms with E-state index >= 15 is 0 Å². The summed E-state index contributed by atoms with van der Waals surface area (Å²) in [6.07, 6.45) is 1.62. The van der Waals surface area contributed by atoms with E-state index in [2.05, 4.69) is 15.5 Å². The number of aromatic nitrogens is 4. The van der Waals surface area contributed by atoms with Crippen LogP contribution in [-0.4, -0.2) is 37.0 Å². The van der Waals surface area contributed by atoms with E-state index in [9.17, 15) is 14.9 Å². The highest BCUT2D eigenvalue weighted by Crippen LogP contribution is 2.21. The maximum Gasteiger partial charge on any atom is 0.312 e. The van der Waals surface area contributed by atoms with Crippen LogP contribution in [0.3, 0.4) is 0 Å². The first-order valence-electron chi connectivity index (χ1n) is 8.65. The number of carbonyl (C=O) groups is 1. The zero-order valence-electron chi connectivity index (χ0n) is 15.7. The molecule has 0 aliphatic heterocycles. The van der Waals surface area contributed by atoms with Gasteiger partial charge >= 0.3 is 5.69 Å². The Labute approximate surface area is 160 Å². The molecule has 1 amide bonds. The second-order valence-electron chi connectivity index (χ2n) is 6.07. The Morgan fingerprint density at radius 2 is 1.93 bits per heavy atom. The zero-order chi connectivity index (χ0) is 20.3. The van der Waals surface area contributed by atoms with Gasteiger partial charge in [-0.3, -0.25) is 19.6 Å². The molecular weight excluding hydrogens is 364 g/mol. The number of carbonyl (C=O) groups excluding carboxylic acids is 1. The van der Waals surface area contributed by atoms with Crippen LogP contribution in [0.25, 0.3) is 0 Å². The number of amides is 1. The van der Waals surface area contributed by atoms with E-state index in [1.54, 1.807) is 50.4 Å². The number of rotatable bonds is 7. The summed E-state index contributed by atoms with van der Waals surface area (Å²) >= 11 is 0. The monoisotopic (exact) mass is 384 g/mol. The first-order valence-corrected chi connectivity index (χ1v) is 8.65. The van der Waals surface area contributed by atoms with Crippen LogP contribution in [0.4, 0.5) is 11.4 Å². The van der Waals surface area contributed by atoms with Crippen LogP contribution >= 0.6 is 0 Å². The third kappa shape index (κ3) is 4.00. The van der Waals surface area contributed by atoms with Crippen LogP contribution in [0.5, 0.6) is 5.75 Å². The van der Waals surface area contributed by atoms with E-state index < -0.39 is 4.92 Å². The molecule has 1 aromatic carbocycles. The molecule has 0 bridgehead atoms. The summed E-state index contributed by atoms with van der Waals surface area (Å²) in [6.45, 7) is 5.84. The lowest BCUT2D eigenvalue weighted by Crippen LogP contribution is -2.15. The average molecular weight is 384 g/mol. The number of aryl methyl sites for hydroxylation is 1. The number of nitro groups is 1. The van der Waals surface area contributed by atoms with Gasteiger partial charge in [-0.2, -0.15) is 10.2 Å². The highest BCUT2D eigenvalue weighted by molar-refractivity contribution is 6.02. The van der Waals surface area contributed by atoms with Gasteiger partial charge in [0.2, 0.25) is 0 Å². The van der Waals surface area contributed by atoms with Crippen molar-refractivity contribution in [3.05, 3.63) is 63.7 Å². The maximum absolute atomic E-state index is 12.4. The van der Waals surface area contributed by atoms with Gasteiger partial charge in [-0.25, -0.2) is 4.68 Å². The number of benzene rings is 1. The fourth-order valence-corrected chi connectivity index (χ4v) is 2.78. The maximum atomic E-state index is 12.4. The number of ether oxygens (including phenoxy) is 1. The molecular formula is C18H20N6O4. The Hall–Kier alpha value is -3.69. The average Bonchev–Trinajstić information content (AvgIpc) is 3.22. The third-order valence-electron chi connectivity index (χ3n) is 4.10. The summed E-state index contributed by atoms with van der Waals surface area (Å²) in [5.41, 5.74) is 1.60. The Bertz CT molecular complexity index is 1010. The van der Waals surface area contributed by atoms with Crippen LogP contribution in [-0.2, 0) is 6.67 Å². The van der Waals surface area contributed by atoms with Gasteiger partial charge in [-0.1, -0.05) is 0 Å². The molecule has 3 rings (SSSR count). The highest BCUT2D eigenvalue weighted by Gasteiger charge is 2.22. The van der Waals surface area contributed by atoms with E-state index in [1.165, 1.54) is 9.36 Å². The fraction of sp³-hybridized carbons (Fsp3) is 0.278. The summed E-state index contributed by atoms with van der Waals surface area (Å²) in [4.78, 5) is 23.0. The summed E-state index contributed by atoms with van der Waals surface area (Å²) in [6, 6.07) is 8.61. The summed E-state index contributed by atoms with van der Waals surface area (Å²) in [7, 11) is 0. The molecule has 0 unspecified atom stereocenters. The van der Waals surface area contributed by atoms with Gasteiger partial charge in [-0.15, -0.1) is 0 Å². The molecule has 0 aliphatic rings. The van der Waals surface area contributed by atoms with Gasteiger partial charge < -0.3 is 10.1 Å². The topological polar surface area (TPSA) is 117 Å². The van der Waals surface area contributed by atoms with Crippen molar-refractivity contribution in [1.29, 1.82) is 0 Å². The van der Waals surface area contributed by atoms with Crippen LogP contribution in [0.2, 0.25) is 0 Å². The molecule has 10 nitrogen and oxygen atoms in total. The molecule has 2 heterocycles. The van der Waals surface area contributed by atoms with Gasteiger partial charge in [-0.05, 0) is 51.1 Å². The largest absolute Gasteiger partial charge is 0.494 e. The summed E-state index contributed by atoms with van der Waals surface area (Å²) in [5, 5.41) is 22.3. The molecule has 28 heavy (non-hydrogen) atoms. The number of hydrogen-bond acceptors (Lipinski definition) is 6. The molecule has 0 radical (unpaired) electrons. The normalized spacial score (nSPS) is 10.7. The predicted molar refractivity (Wildman–Crippen MR) is 102 cm³/mol. The minimum Gasteiger partial charge on any atom is -0.494 e. The molecule has 10 heteroatoms. The van der Waals surface area contributed by atoms with Crippen molar-refractivity contribution in [2.75, 3.05) is 11.9 Å². The van der Waals surface area contributed by atoms with Crippen LogP contribution in [0, 0.1) is 24.0 Å².